The normalized spacial score (nSPS) is 11.8. The molecule has 1 unspecified atom stereocenters. The number of aliphatic hydroxyl groups excluding tert-OH is 1. The lowest BCUT2D eigenvalue weighted by molar-refractivity contribution is -0.140. The van der Waals surface area contributed by atoms with Crippen LogP contribution < -0.4 is 5.32 Å². The van der Waals surface area contributed by atoms with Crippen molar-refractivity contribution >= 4 is 28.3 Å². The fourth-order valence-corrected chi connectivity index (χ4v) is 3.59. The Morgan fingerprint density at radius 1 is 1.07 bits per heavy atom. The lowest BCUT2D eigenvalue weighted by atomic mass is 9.94. The molecule has 5 heteroatoms. The number of anilines is 1. The molecule has 0 aliphatic heterocycles. The molecule has 0 heterocycles. The third-order valence-corrected chi connectivity index (χ3v) is 5.35. The molecule has 2 N–H and O–H groups in total. The summed E-state index contributed by atoms with van der Waals surface area (Å²) < 4.78 is 4.69. The van der Waals surface area contributed by atoms with Crippen molar-refractivity contribution in [3.63, 3.8) is 0 Å². The number of nitrogens with one attached hydrogen (secondary N) is 1. The zero-order chi connectivity index (χ0) is 21.5. The van der Waals surface area contributed by atoms with Gasteiger partial charge in [0.15, 0.2) is 0 Å². The lowest BCUT2D eigenvalue weighted by Crippen LogP contribution is -2.20. The highest BCUT2D eigenvalue weighted by Gasteiger charge is 2.19. The van der Waals surface area contributed by atoms with E-state index < -0.39 is 0 Å². The van der Waals surface area contributed by atoms with Crippen LogP contribution in [-0.2, 0) is 27.4 Å². The highest BCUT2D eigenvalue weighted by molar-refractivity contribution is 5.99. The largest absolute Gasteiger partial charge is 0.469 e. The second-order valence-corrected chi connectivity index (χ2v) is 7.36. The summed E-state index contributed by atoms with van der Waals surface area (Å²) in [5.41, 5.74) is 3.29. The van der Waals surface area contributed by atoms with Gasteiger partial charge in [0.05, 0.1) is 19.6 Å². The maximum absolute atomic E-state index is 13.1. The van der Waals surface area contributed by atoms with Gasteiger partial charge >= 0.3 is 5.97 Å². The lowest BCUT2D eigenvalue weighted by Gasteiger charge is -2.17. The average molecular weight is 405 g/mol. The zero-order valence-electron chi connectivity index (χ0n) is 17.4. The van der Waals surface area contributed by atoms with Crippen molar-refractivity contribution in [2.75, 3.05) is 12.4 Å². The molecule has 0 saturated carbocycles. The van der Waals surface area contributed by atoms with E-state index in [-0.39, 0.29) is 24.4 Å². The first-order valence-electron chi connectivity index (χ1n) is 10.1. The molecule has 0 aliphatic rings. The van der Waals surface area contributed by atoms with Crippen LogP contribution in [0.2, 0.25) is 0 Å². The fourth-order valence-electron chi connectivity index (χ4n) is 3.59. The molecule has 156 valence electrons. The van der Waals surface area contributed by atoms with Gasteiger partial charge in [0.1, 0.15) is 0 Å². The summed E-state index contributed by atoms with van der Waals surface area (Å²) in [6, 6.07) is 19.5. The number of amides is 1. The van der Waals surface area contributed by atoms with Crippen LogP contribution in [0.4, 0.5) is 5.69 Å². The first kappa shape index (κ1) is 21.5. The molecule has 0 radical (unpaired) electrons. The molecule has 1 amide bonds. The highest BCUT2D eigenvalue weighted by Crippen LogP contribution is 2.28. The van der Waals surface area contributed by atoms with E-state index in [4.69, 9.17) is 4.74 Å². The predicted molar refractivity (Wildman–Crippen MR) is 118 cm³/mol. The summed E-state index contributed by atoms with van der Waals surface area (Å²) in [6.07, 6.45) is 1.56. The van der Waals surface area contributed by atoms with Crippen molar-refractivity contribution in [1.29, 1.82) is 0 Å². The van der Waals surface area contributed by atoms with Gasteiger partial charge in [-0.25, -0.2) is 0 Å². The summed E-state index contributed by atoms with van der Waals surface area (Å²) in [6.45, 7) is 1.79. The van der Waals surface area contributed by atoms with E-state index in [9.17, 15) is 14.7 Å². The zero-order valence-corrected chi connectivity index (χ0v) is 17.4. The Labute approximate surface area is 176 Å². The van der Waals surface area contributed by atoms with Gasteiger partial charge in [-0.05, 0) is 53.3 Å². The highest BCUT2D eigenvalue weighted by atomic mass is 16.5. The molecule has 0 bridgehead atoms. The molecule has 0 fully saturated rings. The molecule has 3 aromatic carbocycles. The number of benzene rings is 3. The second-order valence-electron chi connectivity index (χ2n) is 7.36. The van der Waals surface area contributed by atoms with Crippen LogP contribution >= 0.6 is 0 Å². The molecule has 0 aliphatic carbocycles. The number of carbonyl (C=O) groups is 2. The van der Waals surface area contributed by atoms with Crippen LogP contribution in [0.3, 0.4) is 0 Å². The van der Waals surface area contributed by atoms with Gasteiger partial charge < -0.3 is 15.2 Å². The summed E-state index contributed by atoms with van der Waals surface area (Å²) in [5.74, 6) is -0.718. The minimum atomic E-state index is -0.350. The molecule has 3 rings (SSSR count). The standard InChI is InChI=1S/C25H27NO4/c1-17(21-11-5-8-19-7-3-4-10-22(19)21)25(29)26-23-15-18(16-27)13-14-20(23)9-6-12-24(28)30-2/h3-5,7-8,10-11,13-15,17,27H,6,9,12,16H2,1-2H3,(H,26,29). The van der Waals surface area contributed by atoms with Crippen molar-refractivity contribution in [2.24, 2.45) is 0 Å². The summed E-state index contributed by atoms with van der Waals surface area (Å²) in [5, 5.41) is 14.7. The molecule has 3 aromatic rings. The quantitative estimate of drug-likeness (QED) is 0.538. The van der Waals surface area contributed by atoms with Crippen LogP contribution in [0.5, 0.6) is 0 Å². The topological polar surface area (TPSA) is 75.6 Å². The van der Waals surface area contributed by atoms with Crippen molar-refractivity contribution in [1.82, 2.24) is 0 Å². The predicted octanol–water partition coefficient (Wildman–Crippen LogP) is 4.57. The van der Waals surface area contributed by atoms with Crippen molar-refractivity contribution in [2.45, 2.75) is 38.7 Å². The Balaban J connectivity index is 1.81. The smallest absolute Gasteiger partial charge is 0.305 e. The molecule has 5 nitrogen and oxygen atoms in total. The van der Waals surface area contributed by atoms with E-state index in [0.717, 1.165) is 27.5 Å². The molecule has 0 aromatic heterocycles. The Bertz CT molecular complexity index is 1040. The van der Waals surface area contributed by atoms with Gasteiger partial charge in [-0.2, -0.15) is 0 Å². The number of aliphatic hydroxyl groups is 1. The molecule has 1 atom stereocenters. The van der Waals surface area contributed by atoms with Crippen molar-refractivity contribution in [3.8, 4) is 0 Å². The number of methoxy groups -OCH3 is 1. The van der Waals surface area contributed by atoms with Gasteiger partial charge in [-0.3, -0.25) is 9.59 Å². The van der Waals surface area contributed by atoms with E-state index in [1.807, 2.05) is 61.5 Å². The number of carbonyl (C=O) groups excluding carboxylic acids is 2. The first-order valence-corrected chi connectivity index (χ1v) is 10.1. The van der Waals surface area contributed by atoms with E-state index in [1.54, 1.807) is 6.07 Å². The van der Waals surface area contributed by atoms with Crippen LogP contribution in [0, 0.1) is 0 Å². The number of hydrogen-bond acceptors (Lipinski definition) is 4. The SMILES string of the molecule is COC(=O)CCCc1ccc(CO)cc1NC(=O)C(C)c1cccc2ccccc12. The minimum absolute atomic E-state index is 0.107. The number of fused-ring (bicyclic) bond motifs is 1. The molecular weight excluding hydrogens is 378 g/mol. The Hall–Kier alpha value is -3.18. The fraction of sp³-hybridized carbons (Fsp3) is 0.280. The van der Waals surface area contributed by atoms with E-state index in [0.29, 0.717) is 24.9 Å². The van der Waals surface area contributed by atoms with Crippen molar-refractivity contribution < 1.29 is 19.4 Å². The van der Waals surface area contributed by atoms with Crippen molar-refractivity contribution in [3.05, 3.63) is 77.4 Å². The maximum atomic E-state index is 13.1. The van der Waals surface area contributed by atoms with Gasteiger partial charge in [0.2, 0.25) is 5.91 Å². The number of esters is 1. The van der Waals surface area contributed by atoms with Crippen LogP contribution in [0.25, 0.3) is 10.8 Å². The third-order valence-electron chi connectivity index (χ3n) is 5.35. The Morgan fingerprint density at radius 3 is 2.60 bits per heavy atom. The third kappa shape index (κ3) is 5.05. The molecular formula is C25H27NO4. The minimum Gasteiger partial charge on any atom is -0.469 e. The van der Waals surface area contributed by atoms with E-state index in [1.165, 1.54) is 7.11 Å². The van der Waals surface area contributed by atoms with Gasteiger partial charge in [-0.15, -0.1) is 0 Å². The molecule has 0 saturated heterocycles. The number of ether oxygens (including phenoxy) is 1. The number of hydrogen-bond donors (Lipinski definition) is 2. The average Bonchev–Trinajstić information content (AvgIpc) is 2.78. The Morgan fingerprint density at radius 2 is 1.83 bits per heavy atom. The number of aryl methyl sites for hydroxylation is 1. The monoisotopic (exact) mass is 405 g/mol. The molecule has 30 heavy (non-hydrogen) atoms. The summed E-state index contributed by atoms with van der Waals surface area (Å²) >= 11 is 0. The van der Waals surface area contributed by atoms with E-state index in [2.05, 4.69) is 5.32 Å². The molecule has 0 spiro atoms. The van der Waals surface area contributed by atoms with E-state index >= 15 is 0 Å². The van der Waals surface area contributed by atoms with Gasteiger partial charge in [-0.1, -0.05) is 54.6 Å². The Kier molecular flexibility index (Phi) is 7.20. The van der Waals surface area contributed by atoms with Gasteiger partial charge in [0.25, 0.3) is 0 Å². The van der Waals surface area contributed by atoms with Crippen LogP contribution in [0.15, 0.2) is 60.7 Å². The first-order chi connectivity index (χ1) is 14.5. The maximum Gasteiger partial charge on any atom is 0.305 e. The second kappa shape index (κ2) is 10.0. The van der Waals surface area contributed by atoms with Crippen LogP contribution in [0.1, 0.15) is 42.4 Å². The van der Waals surface area contributed by atoms with Crippen LogP contribution in [-0.4, -0.2) is 24.1 Å². The summed E-state index contributed by atoms with van der Waals surface area (Å²) in [7, 11) is 1.37. The number of rotatable bonds is 8. The summed E-state index contributed by atoms with van der Waals surface area (Å²) in [4.78, 5) is 24.5. The van der Waals surface area contributed by atoms with Gasteiger partial charge in [0, 0.05) is 12.1 Å².